The minimum atomic E-state index is -0.939. The highest BCUT2D eigenvalue weighted by Gasteiger charge is 2.08. The Bertz CT molecular complexity index is 288. The number of nitrogens with zero attached hydrogens (tertiary/aromatic N) is 1. The fourth-order valence-electron chi connectivity index (χ4n) is 1.02. The normalized spacial score (nSPS) is 12.9. The molecule has 1 rings (SSSR count). The summed E-state index contributed by atoms with van der Waals surface area (Å²) < 4.78 is 5.35. The second-order valence-electron chi connectivity index (χ2n) is 3.27. The van der Waals surface area contributed by atoms with Crippen LogP contribution in [-0.2, 0) is 0 Å². The van der Waals surface area contributed by atoms with Gasteiger partial charge >= 0.3 is 0 Å². The summed E-state index contributed by atoms with van der Waals surface area (Å²) in [4.78, 5) is 4.05. The number of aliphatic hydroxyl groups is 2. The van der Waals surface area contributed by atoms with Crippen molar-refractivity contribution in [1.29, 1.82) is 0 Å². The molecule has 0 amide bonds. The molecule has 0 aliphatic carbocycles. The maximum absolute atomic E-state index is 9.32. The van der Waals surface area contributed by atoms with Crippen molar-refractivity contribution in [3.05, 3.63) is 23.9 Å². The summed E-state index contributed by atoms with van der Waals surface area (Å²) in [6.45, 7) is 3.46. The first-order valence-electron chi connectivity index (χ1n) is 4.56. The molecule has 0 bridgehead atoms. The molecule has 2 N–H and O–H groups in total. The van der Waals surface area contributed by atoms with Gasteiger partial charge < -0.3 is 14.9 Å². The molecule has 4 nitrogen and oxygen atoms in total. The van der Waals surface area contributed by atoms with Gasteiger partial charge in [-0.1, -0.05) is 6.07 Å². The van der Waals surface area contributed by atoms with Gasteiger partial charge in [0.05, 0.1) is 18.4 Å². The van der Waals surface area contributed by atoms with E-state index in [-0.39, 0.29) is 12.7 Å². The van der Waals surface area contributed by atoms with Crippen LogP contribution >= 0.6 is 0 Å². The number of pyridine rings is 1. The lowest BCUT2D eigenvalue weighted by molar-refractivity contribution is 0.0912. The van der Waals surface area contributed by atoms with Crippen molar-refractivity contribution in [1.82, 2.24) is 4.98 Å². The molecule has 4 heteroatoms. The van der Waals surface area contributed by atoms with Crippen LogP contribution in [0.5, 0.6) is 5.88 Å². The zero-order valence-electron chi connectivity index (χ0n) is 8.34. The standard InChI is InChI=1S/C10H15NO3/c1-7(2)14-10-5-3-4-8(11-10)9(13)6-12/h3-5,7,9,12-13H,6H2,1-2H3. The van der Waals surface area contributed by atoms with E-state index < -0.39 is 6.10 Å². The highest BCUT2D eigenvalue weighted by molar-refractivity contribution is 5.17. The lowest BCUT2D eigenvalue weighted by atomic mass is 10.2. The molecule has 0 spiro atoms. The molecule has 0 fully saturated rings. The molecule has 0 radical (unpaired) electrons. The van der Waals surface area contributed by atoms with E-state index in [0.29, 0.717) is 11.6 Å². The number of rotatable bonds is 4. The van der Waals surface area contributed by atoms with E-state index in [1.807, 2.05) is 13.8 Å². The number of ether oxygens (including phenoxy) is 1. The minimum absolute atomic E-state index is 0.0454. The van der Waals surface area contributed by atoms with Crippen LogP contribution in [0.1, 0.15) is 25.6 Å². The van der Waals surface area contributed by atoms with E-state index in [9.17, 15) is 5.11 Å². The van der Waals surface area contributed by atoms with Crippen molar-refractivity contribution in [3.63, 3.8) is 0 Å². The van der Waals surface area contributed by atoms with Crippen LogP contribution in [0.4, 0.5) is 0 Å². The number of aliphatic hydroxyl groups excluding tert-OH is 2. The van der Waals surface area contributed by atoms with E-state index in [1.165, 1.54) is 0 Å². The fraction of sp³-hybridized carbons (Fsp3) is 0.500. The number of aromatic nitrogens is 1. The average molecular weight is 197 g/mol. The lowest BCUT2D eigenvalue weighted by Crippen LogP contribution is -2.10. The highest BCUT2D eigenvalue weighted by atomic mass is 16.5. The molecular formula is C10H15NO3. The Morgan fingerprint density at radius 1 is 1.43 bits per heavy atom. The van der Waals surface area contributed by atoms with Crippen LogP contribution < -0.4 is 4.74 Å². The zero-order chi connectivity index (χ0) is 10.6. The minimum Gasteiger partial charge on any atom is -0.475 e. The molecule has 0 aromatic carbocycles. The van der Waals surface area contributed by atoms with Crippen molar-refractivity contribution in [2.24, 2.45) is 0 Å². The van der Waals surface area contributed by atoms with Gasteiger partial charge in [-0.2, -0.15) is 0 Å². The molecule has 1 heterocycles. The molecular weight excluding hydrogens is 182 g/mol. The third-order valence-corrected chi connectivity index (χ3v) is 1.62. The zero-order valence-corrected chi connectivity index (χ0v) is 8.34. The van der Waals surface area contributed by atoms with Gasteiger partial charge in [-0.25, -0.2) is 4.98 Å². The molecule has 1 atom stereocenters. The number of hydrogen-bond acceptors (Lipinski definition) is 4. The van der Waals surface area contributed by atoms with Crippen LogP contribution in [0.25, 0.3) is 0 Å². The molecule has 0 saturated carbocycles. The molecule has 0 aliphatic rings. The van der Waals surface area contributed by atoms with E-state index in [1.54, 1.807) is 18.2 Å². The first-order chi connectivity index (χ1) is 6.63. The summed E-state index contributed by atoms with van der Waals surface area (Å²) in [7, 11) is 0. The fourth-order valence-corrected chi connectivity index (χ4v) is 1.02. The largest absolute Gasteiger partial charge is 0.475 e. The summed E-state index contributed by atoms with van der Waals surface area (Å²) >= 11 is 0. The summed E-state index contributed by atoms with van der Waals surface area (Å²) in [6.07, 6.45) is -0.894. The van der Waals surface area contributed by atoms with Crippen LogP contribution in [0.15, 0.2) is 18.2 Å². The second kappa shape index (κ2) is 4.93. The predicted octanol–water partition coefficient (Wildman–Crippen LogP) is 0.894. The van der Waals surface area contributed by atoms with Gasteiger partial charge in [-0.05, 0) is 19.9 Å². The summed E-state index contributed by atoms with van der Waals surface area (Å²) in [5.41, 5.74) is 0.422. The molecule has 78 valence electrons. The van der Waals surface area contributed by atoms with Gasteiger partial charge in [-0.15, -0.1) is 0 Å². The third kappa shape index (κ3) is 2.97. The van der Waals surface area contributed by atoms with E-state index in [0.717, 1.165) is 0 Å². The van der Waals surface area contributed by atoms with Crippen molar-refractivity contribution < 1.29 is 14.9 Å². The van der Waals surface area contributed by atoms with Crippen molar-refractivity contribution in [2.75, 3.05) is 6.61 Å². The Kier molecular flexibility index (Phi) is 3.85. The Labute approximate surface area is 83.2 Å². The average Bonchev–Trinajstić information content (AvgIpc) is 2.16. The monoisotopic (exact) mass is 197 g/mol. The SMILES string of the molecule is CC(C)Oc1cccc(C(O)CO)n1. The van der Waals surface area contributed by atoms with Crippen LogP contribution in [0, 0.1) is 0 Å². The van der Waals surface area contributed by atoms with Gasteiger partial charge in [0.1, 0.15) is 6.10 Å². The Morgan fingerprint density at radius 2 is 2.14 bits per heavy atom. The quantitative estimate of drug-likeness (QED) is 0.752. The molecule has 1 aromatic rings. The first kappa shape index (κ1) is 10.9. The summed E-state index contributed by atoms with van der Waals surface area (Å²) in [5.74, 6) is 0.463. The first-order valence-corrected chi connectivity index (χ1v) is 4.56. The smallest absolute Gasteiger partial charge is 0.213 e. The van der Waals surface area contributed by atoms with Crippen LogP contribution in [0.3, 0.4) is 0 Å². The molecule has 0 saturated heterocycles. The maximum Gasteiger partial charge on any atom is 0.213 e. The highest BCUT2D eigenvalue weighted by Crippen LogP contribution is 2.14. The summed E-state index contributed by atoms with van der Waals surface area (Å²) in [6, 6.07) is 5.10. The van der Waals surface area contributed by atoms with Crippen molar-refractivity contribution in [3.8, 4) is 5.88 Å². The second-order valence-corrected chi connectivity index (χ2v) is 3.27. The molecule has 1 aromatic heterocycles. The Morgan fingerprint density at radius 3 is 2.71 bits per heavy atom. The van der Waals surface area contributed by atoms with Gasteiger partial charge in [0.2, 0.25) is 5.88 Å². The van der Waals surface area contributed by atoms with Gasteiger partial charge in [0, 0.05) is 6.07 Å². The van der Waals surface area contributed by atoms with Crippen molar-refractivity contribution in [2.45, 2.75) is 26.1 Å². The van der Waals surface area contributed by atoms with E-state index >= 15 is 0 Å². The topological polar surface area (TPSA) is 62.6 Å². The van der Waals surface area contributed by atoms with Crippen LogP contribution in [0.2, 0.25) is 0 Å². The van der Waals surface area contributed by atoms with Gasteiger partial charge in [0.25, 0.3) is 0 Å². The molecule has 0 aliphatic heterocycles. The van der Waals surface area contributed by atoms with E-state index in [4.69, 9.17) is 9.84 Å². The maximum atomic E-state index is 9.32. The number of hydrogen-bond donors (Lipinski definition) is 2. The van der Waals surface area contributed by atoms with Gasteiger partial charge in [-0.3, -0.25) is 0 Å². The molecule has 14 heavy (non-hydrogen) atoms. The Balaban J connectivity index is 2.78. The molecule has 1 unspecified atom stereocenters. The lowest BCUT2D eigenvalue weighted by Gasteiger charge is -2.11. The predicted molar refractivity (Wildman–Crippen MR) is 52.0 cm³/mol. The Hall–Kier alpha value is -1.13. The van der Waals surface area contributed by atoms with Crippen molar-refractivity contribution >= 4 is 0 Å². The third-order valence-electron chi connectivity index (χ3n) is 1.62. The van der Waals surface area contributed by atoms with Crippen LogP contribution in [-0.4, -0.2) is 27.9 Å². The summed E-state index contributed by atoms with van der Waals surface area (Å²) in [5, 5.41) is 18.0. The van der Waals surface area contributed by atoms with Gasteiger partial charge in [0.15, 0.2) is 0 Å². The van der Waals surface area contributed by atoms with E-state index in [2.05, 4.69) is 4.98 Å².